The van der Waals surface area contributed by atoms with Crippen molar-refractivity contribution >= 4 is 33.6 Å². The standard InChI is InChI=1S/C21H24BrNO6/c1-4-10-28-19(24)17-15(23-27)12-21(3,26)18(20(25)29-11-5-2)16(17)13-6-8-14(22)9-7-13/h4-9,16-18,26-27H,1-2,10-12H2,3H3. The zero-order chi connectivity index (χ0) is 21.6. The first-order chi connectivity index (χ1) is 13.8. The summed E-state index contributed by atoms with van der Waals surface area (Å²) in [4.78, 5) is 25.7. The number of hydrogen-bond donors (Lipinski definition) is 2. The van der Waals surface area contributed by atoms with Crippen molar-refractivity contribution in [2.45, 2.75) is 24.9 Å². The summed E-state index contributed by atoms with van der Waals surface area (Å²) in [6.07, 6.45) is 2.63. The predicted octanol–water partition coefficient (Wildman–Crippen LogP) is 3.21. The quantitative estimate of drug-likeness (QED) is 0.277. The summed E-state index contributed by atoms with van der Waals surface area (Å²) >= 11 is 3.36. The number of nitrogens with zero attached hydrogens (tertiary/aromatic N) is 1. The van der Waals surface area contributed by atoms with Gasteiger partial charge >= 0.3 is 11.9 Å². The lowest BCUT2D eigenvalue weighted by molar-refractivity contribution is -0.162. The number of ether oxygens (including phenoxy) is 2. The van der Waals surface area contributed by atoms with Crippen LogP contribution in [-0.2, 0) is 19.1 Å². The van der Waals surface area contributed by atoms with E-state index in [1.165, 1.54) is 19.1 Å². The third-order valence-electron chi connectivity index (χ3n) is 4.86. The molecule has 0 aromatic heterocycles. The minimum Gasteiger partial charge on any atom is -0.461 e. The maximum absolute atomic E-state index is 12.9. The molecule has 2 rings (SSSR count). The van der Waals surface area contributed by atoms with E-state index in [1.807, 2.05) is 0 Å². The molecule has 1 aliphatic rings. The highest BCUT2D eigenvalue weighted by atomic mass is 79.9. The van der Waals surface area contributed by atoms with E-state index in [1.54, 1.807) is 24.3 Å². The van der Waals surface area contributed by atoms with Crippen molar-refractivity contribution in [2.24, 2.45) is 17.0 Å². The van der Waals surface area contributed by atoms with Crippen LogP contribution in [0.1, 0.15) is 24.8 Å². The van der Waals surface area contributed by atoms with Crippen LogP contribution in [0.3, 0.4) is 0 Å². The molecule has 0 heterocycles. The molecule has 1 aliphatic carbocycles. The van der Waals surface area contributed by atoms with Gasteiger partial charge in [0, 0.05) is 16.8 Å². The van der Waals surface area contributed by atoms with Crippen LogP contribution in [-0.4, -0.2) is 46.8 Å². The summed E-state index contributed by atoms with van der Waals surface area (Å²) in [7, 11) is 0. The molecule has 7 nitrogen and oxygen atoms in total. The monoisotopic (exact) mass is 465 g/mol. The van der Waals surface area contributed by atoms with Gasteiger partial charge in [-0.05, 0) is 24.6 Å². The van der Waals surface area contributed by atoms with E-state index >= 15 is 0 Å². The van der Waals surface area contributed by atoms with Crippen LogP contribution in [0, 0.1) is 11.8 Å². The van der Waals surface area contributed by atoms with Gasteiger partial charge < -0.3 is 19.8 Å². The molecule has 4 atom stereocenters. The molecule has 29 heavy (non-hydrogen) atoms. The van der Waals surface area contributed by atoms with E-state index in [-0.39, 0.29) is 25.3 Å². The first-order valence-electron chi connectivity index (χ1n) is 9.00. The van der Waals surface area contributed by atoms with Crippen LogP contribution in [0.2, 0.25) is 0 Å². The van der Waals surface area contributed by atoms with Crippen molar-refractivity contribution in [1.29, 1.82) is 0 Å². The number of esters is 2. The minimum atomic E-state index is -1.62. The summed E-state index contributed by atoms with van der Waals surface area (Å²) < 4.78 is 11.2. The third kappa shape index (κ3) is 5.13. The fourth-order valence-corrected chi connectivity index (χ4v) is 3.95. The van der Waals surface area contributed by atoms with E-state index in [0.717, 1.165) is 4.47 Å². The number of carbonyl (C=O) groups excluding carboxylic acids is 2. The molecule has 1 aromatic carbocycles. The van der Waals surface area contributed by atoms with E-state index in [4.69, 9.17) is 9.47 Å². The fraction of sp³-hybridized carbons (Fsp3) is 0.381. The van der Waals surface area contributed by atoms with Gasteiger partial charge in [0.1, 0.15) is 19.1 Å². The molecule has 0 radical (unpaired) electrons. The van der Waals surface area contributed by atoms with Gasteiger partial charge in [-0.25, -0.2) is 0 Å². The minimum absolute atomic E-state index is 0.0322. The summed E-state index contributed by atoms with van der Waals surface area (Å²) in [5.74, 6) is -4.41. The molecular formula is C21H24BrNO6. The Kier molecular flexibility index (Phi) is 7.75. The maximum atomic E-state index is 12.9. The van der Waals surface area contributed by atoms with E-state index in [9.17, 15) is 19.9 Å². The molecule has 0 aliphatic heterocycles. The smallest absolute Gasteiger partial charge is 0.315 e. The molecule has 1 fully saturated rings. The average Bonchev–Trinajstić information content (AvgIpc) is 2.69. The molecular weight excluding hydrogens is 442 g/mol. The zero-order valence-corrected chi connectivity index (χ0v) is 17.7. The highest BCUT2D eigenvalue weighted by Crippen LogP contribution is 2.47. The third-order valence-corrected chi connectivity index (χ3v) is 5.39. The topological polar surface area (TPSA) is 105 Å². The molecule has 1 aromatic rings. The maximum Gasteiger partial charge on any atom is 0.315 e. The van der Waals surface area contributed by atoms with Gasteiger partial charge in [0.2, 0.25) is 0 Å². The number of oxime groups is 1. The molecule has 0 spiro atoms. The van der Waals surface area contributed by atoms with Crippen molar-refractivity contribution < 1.29 is 29.4 Å². The number of benzene rings is 1. The number of rotatable bonds is 7. The zero-order valence-electron chi connectivity index (χ0n) is 16.1. The normalized spacial score (nSPS) is 27.8. The van der Waals surface area contributed by atoms with Gasteiger partial charge in [-0.15, -0.1) is 0 Å². The van der Waals surface area contributed by atoms with Gasteiger partial charge in [-0.2, -0.15) is 0 Å². The van der Waals surface area contributed by atoms with E-state index < -0.39 is 35.3 Å². The summed E-state index contributed by atoms with van der Waals surface area (Å²) in [6.45, 7) is 8.42. The molecule has 4 unspecified atom stereocenters. The first kappa shape index (κ1) is 22.8. The highest BCUT2D eigenvalue weighted by molar-refractivity contribution is 9.10. The Balaban J connectivity index is 2.62. The van der Waals surface area contributed by atoms with E-state index in [0.29, 0.717) is 5.56 Å². The number of hydrogen-bond acceptors (Lipinski definition) is 7. The van der Waals surface area contributed by atoms with E-state index in [2.05, 4.69) is 34.2 Å². The summed E-state index contributed by atoms with van der Waals surface area (Å²) in [5, 5.41) is 23.9. The average molecular weight is 466 g/mol. The van der Waals surface area contributed by atoms with Crippen LogP contribution in [0.5, 0.6) is 0 Å². The number of aliphatic hydroxyl groups is 1. The molecule has 2 N–H and O–H groups in total. The van der Waals surface area contributed by atoms with Crippen molar-refractivity contribution in [3.8, 4) is 0 Å². The second-order valence-electron chi connectivity index (χ2n) is 7.00. The molecule has 0 amide bonds. The number of carbonyl (C=O) groups is 2. The van der Waals surface area contributed by atoms with Crippen molar-refractivity contribution in [3.05, 3.63) is 59.6 Å². The molecule has 1 saturated carbocycles. The lowest BCUT2D eigenvalue weighted by atomic mass is 9.61. The number of halogens is 1. The Morgan fingerprint density at radius 2 is 1.76 bits per heavy atom. The second kappa shape index (κ2) is 9.84. The van der Waals surface area contributed by atoms with Crippen molar-refractivity contribution in [1.82, 2.24) is 0 Å². The molecule has 8 heteroatoms. The Morgan fingerprint density at radius 1 is 1.21 bits per heavy atom. The second-order valence-corrected chi connectivity index (χ2v) is 7.91. The van der Waals surface area contributed by atoms with Gasteiger partial charge in [-0.1, -0.05) is 58.5 Å². The van der Waals surface area contributed by atoms with Gasteiger partial charge in [0.25, 0.3) is 0 Å². The Labute approximate surface area is 177 Å². The van der Waals surface area contributed by atoms with Gasteiger partial charge in [-0.3, -0.25) is 9.59 Å². The Bertz CT molecular complexity index is 802. The molecule has 0 bridgehead atoms. The first-order valence-corrected chi connectivity index (χ1v) is 9.79. The van der Waals surface area contributed by atoms with Crippen LogP contribution in [0.15, 0.2) is 59.2 Å². The predicted molar refractivity (Wildman–Crippen MR) is 111 cm³/mol. The molecule has 0 saturated heterocycles. The highest BCUT2D eigenvalue weighted by Gasteiger charge is 2.56. The van der Waals surface area contributed by atoms with Crippen LogP contribution >= 0.6 is 15.9 Å². The summed E-state index contributed by atoms with van der Waals surface area (Å²) in [5.41, 5.74) is -0.993. The van der Waals surface area contributed by atoms with Crippen molar-refractivity contribution in [3.63, 3.8) is 0 Å². The van der Waals surface area contributed by atoms with Gasteiger partial charge in [0.15, 0.2) is 0 Å². The van der Waals surface area contributed by atoms with Crippen LogP contribution < -0.4 is 0 Å². The lowest BCUT2D eigenvalue weighted by Crippen LogP contribution is -2.55. The van der Waals surface area contributed by atoms with Crippen LogP contribution in [0.4, 0.5) is 0 Å². The fourth-order valence-electron chi connectivity index (χ4n) is 3.69. The van der Waals surface area contributed by atoms with Crippen LogP contribution in [0.25, 0.3) is 0 Å². The Hall–Kier alpha value is -2.45. The van der Waals surface area contributed by atoms with Gasteiger partial charge in [0.05, 0.1) is 17.2 Å². The summed E-state index contributed by atoms with van der Waals surface area (Å²) in [6, 6.07) is 6.97. The van der Waals surface area contributed by atoms with Crippen molar-refractivity contribution in [2.75, 3.05) is 13.2 Å². The molecule has 156 valence electrons. The lowest BCUT2D eigenvalue weighted by Gasteiger charge is -2.44. The largest absolute Gasteiger partial charge is 0.461 e. The SMILES string of the molecule is C=CCOC(=O)C1C(=NO)CC(C)(O)C(C(=O)OCC=C)C1c1ccc(Br)cc1. The Morgan fingerprint density at radius 3 is 2.28 bits per heavy atom.